The van der Waals surface area contributed by atoms with Gasteiger partial charge in [0.1, 0.15) is 0 Å². The highest BCUT2D eigenvalue weighted by atomic mass is 19.3. The molecule has 1 saturated carbocycles. The van der Waals surface area contributed by atoms with Gasteiger partial charge in [-0.1, -0.05) is 6.42 Å². The van der Waals surface area contributed by atoms with Crippen LogP contribution in [0.2, 0.25) is 0 Å². The maximum Gasteiger partial charge on any atom is 0.265 e. The molecule has 0 spiro atoms. The maximum absolute atomic E-state index is 12.9. The van der Waals surface area contributed by atoms with E-state index in [4.69, 9.17) is 5.73 Å². The van der Waals surface area contributed by atoms with E-state index in [-0.39, 0.29) is 24.1 Å². The number of halogens is 2. The monoisotopic (exact) mass is 256 g/mol. The number of nitrogen functional groups attached to an aromatic ring is 1. The van der Waals surface area contributed by atoms with Crippen LogP contribution in [0.15, 0.2) is 18.2 Å². The van der Waals surface area contributed by atoms with Crippen LogP contribution in [0.4, 0.5) is 20.2 Å². The highest BCUT2D eigenvalue weighted by Crippen LogP contribution is 2.33. The SMILES string of the molecule is Nc1ccc(NC2CCCC2CO)c(C(F)F)c1. The predicted molar refractivity (Wildman–Crippen MR) is 67.6 cm³/mol. The van der Waals surface area contributed by atoms with Crippen LogP contribution < -0.4 is 11.1 Å². The molecule has 100 valence electrons. The standard InChI is InChI=1S/C13H18F2N2O/c14-13(15)10-6-9(16)4-5-12(10)17-11-3-1-2-8(11)7-18/h4-6,8,11,13,17-18H,1-3,7,16H2. The molecule has 2 atom stereocenters. The second kappa shape index (κ2) is 5.52. The molecular formula is C13H18F2N2O. The second-order valence-electron chi connectivity index (χ2n) is 4.77. The Morgan fingerprint density at radius 2 is 2.17 bits per heavy atom. The Bertz CT molecular complexity index is 412. The zero-order chi connectivity index (χ0) is 13.1. The van der Waals surface area contributed by atoms with Crippen molar-refractivity contribution < 1.29 is 13.9 Å². The van der Waals surface area contributed by atoms with E-state index in [0.717, 1.165) is 19.3 Å². The molecule has 1 fully saturated rings. The fraction of sp³-hybridized carbons (Fsp3) is 0.538. The minimum absolute atomic E-state index is 0.0659. The number of alkyl halides is 2. The van der Waals surface area contributed by atoms with E-state index < -0.39 is 6.43 Å². The van der Waals surface area contributed by atoms with Crippen LogP contribution in [-0.4, -0.2) is 17.8 Å². The van der Waals surface area contributed by atoms with E-state index in [1.165, 1.54) is 6.07 Å². The lowest BCUT2D eigenvalue weighted by Gasteiger charge is -2.22. The summed E-state index contributed by atoms with van der Waals surface area (Å²) < 4.78 is 25.8. The number of benzene rings is 1. The number of hydrogen-bond acceptors (Lipinski definition) is 3. The summed E-state index contributed by atoms with van der Waals surface area (Å²) in [6.07, 6.45) is 0.304. The molecule has 0 aromatic heterocycles. The van der Waals surface area contributed by atoms with E-state index in [1.54, 1.807) is 12.1 Å². The quantitative estimate of drug-likeness (QED) is 0.726. The summed E-state index contributed by atoms with van der Waals surface area (Å²) in [5, 5.41) is 12.4. The third-order valence-corrected chi connectivity index (χ3v) is 3.55. The van der Waals surface area contributed by atoms with Crippen LogP contribution in [0.1, 0.15) is 31.3 Å². The predicted octanol–water partition coefficient (Wildman–Crippen LogP) is 2.78. The molecule has 0 bridgehead atoms. The summed E-state index contributed by atoms with van der Waals surface area (Å²) >= 11 is 0. The molecule has 0 heterocycles. The van der Waals surface area contributed by atoms with Gasteiger partial charge in [0.05, 0.1) is 0 Å². The van der Waals surface area contributed by atoms with Crippen LogP contribution in [0.3, 0.4) is 0 Å². The second-order valence-corrected chi connectivity index (χ2v) is 4.77. The van der Waals surface area contributed by atoms with Gasteiger partial charge in [0.15, 0.2) is 0 Å². The average Bonchev–Trinajstić information content (AvgIpc) is 2.78. The van der Waals surface area contributed by atoms with Gasteiger partial charge in [-0.3, -0.25) is 0 Å². The minimum Gasteiger partial charge on any atom is -0.399 e. The Morgan fingerprint density at radius 3 is 2.83 bits per heavy atom. The molecule has 0 saturated heterocycles. The molecule has 0 aliphatic heterocycles. The van der Waals surface area contributed by atoms with Crippen molar-refractivity contribution in [2.24, 2.45) is 5.92 Å². The molecule has 1 aliphatic carbocycles. The number of aliphatic hydroxyl groups is 1. The molecule has 1 aliphatic rings. The van der Waals surface area contributed by atoms with Gasteiger partial charge in [0.25, 0.3) is 6.43 Å². The van der Waals surface area contributed by atoms with Gasteiger partial charge in [-0.05, 0) is 31.0 Å². The minimum atomic E-state index is -2.55. The molecule has 2 rings (SSSR count). The van der Waals surface area contributed by atoms with Gasteiger partial charge >= 0.3 is 0 Å². The fourth-order valence-electron chi connectivity index (χ4n) is 2.54. The molecule has 4 N–H and O–H groups in total. The van der Waals surface area contributed by atoms with Crippen molar-refractivity contribution >= 4 is 11.4 Å². The Hall–Kier alpha value is -1.36. The molecule has 3 nitrogen and oxygen atoms in total. The highest BCUT2D eigenvalue weighted by molar-refractivity contribution is 5.59. The summed E-state index contributed by atoms with van der Waals surface area (Å²) in [6, 6.07) is 4.56. The largest absolute Gasteiger partial charge is 0.399 e. The smallest absolute Gasteiger partial charge is 0.265 e. The average molecular weight is 256 g/mol. The zero-order valence-corrected chi connectivity index (χ0v) is 10.1. The molecule has 0 amide bonds. The zero-order valence-electron chi connectivity index (χ0n) is 10.1. The third kappa shape index (κ3) is 2.72. The summed E-state index contributed by atoms with van der Waals surface area (Å²) in [4.78, 5) is 0. The van der Waals surface area contributed by atoms with Gasteiger partial charge in [-0.25, -0.2) is 8.78 Å². The Balaban J connectivity index is 2.18. The van der Waals surface area contributed by atoms with Crippen LogP contribution in [-0.2, 0) is 0 Å². The topological polar surface area (TPSA) is 58.3 Å². The van der Waals surface area contributed by atoms with Crippen molar-refractivity contribution in [2.45, 2.75) is 31.7 Å². The van der Waals surface area contributed by atoms with Crippen LogP contribution in [0.25, 0.3) is 0 Å². The van der Waals surface area contributed by atoms with Crippen molar-refractivity contribution in [3.63, 3.8) is 0 Å². The first kappa shape index (κ1) is 13.1. The molecular weight excluding hydrogens is 238 g/mol. The third-order valence-electron chi connectivity index (χ3n) is 3.55. The fourth-order valence-corrected chi connectivity index (χ4v) is 2.54. The van der Waals surface area contributed by atoms with E-state index in [0.29, 0.717) is 11.4 Å². The van der Waals surface area contributed by atoms with Crippen molar-refractivity contribution in [3.8, 4) is 0 Å². The first-order valence-corrected chi connectivity index (χ1v) is 6.16. The van der Waals surface area contributed by atoms with E-state index in [9.17, 15) is 13.9 Å². The lowest BCUT2D eigenvalue weighted by Crippen LogP contribution is -2.26. The van der Waals surface area contributed by atoms with Gasteiger partial charge in [-0.2, -0.15) is 0 Å². The van der Waals surface area contributed by atoms with Gasteiger partial charge in [-0.15, -0.1) is 0 Å². The van der Waals surface area contributed by atoms with Crippen LogP contribution in [0, 0.1) is 5.92 Å². The van der Waals surface area contributed by atoms with Crippen molar-refractivity contribution in [2.75, 3.05) is 17.7 Å². The van der Waals surface area contributed by atoms with Gasteiger partial charge in [0.2, 0.25) is 0 Å². The molecule has 1 aromatic rings. The maximum atomic E-state index is 12.9. The van der Waals surface area contributed by atoms with Crippen molar-refractivity contribution in [1.29, 1.82) is 0 Å². The number of hydrogen-bond donors (Lipinski definition) is 3. The van der Waals surface area contributed by atoms with Crippen LogP contribution >= 0.6 is 0 Å². The molecule has 1 aromatic carbocycles. The highest BCUT2D eigenvalue weighted by Gasteiger charge is 2.27. The number of rotatable bonds is 4. The normalized spacial score (nSPS) is 23.6. The number of anilines is 2. The lowest BCUT2D eigenvalue weighted by molar-refractivity contribution is 0.152. The molecule has 5 heteroatoms. The Morgan fingerprint density at radius 1 is 1.39 bits per heavy atom. The first-order chi connectivity index (χ1) is 8.61. The van der Waals surface area contributed by atoms with Crippen molar-refractivity contribution in [3.05, 3.63) is 23.8 Å². The number of nitrogens with two attached hydrogens (primary N) is 1. The van der Waals surface area contributed by atoms with Gasteiger partial charge in [0, 0.05) is 35.5 Å². The first-order valence-electron chi connectivity index (χ1n) is 6.16. The number of nitrogens with one attached hydrogen (secondary N) is 1. The molecule has 18 heavy (non-hydrogen) atoms. The molecule has 2 unspecified atom stereocenters. The number of aliphatic hydroxyl groups excluding tert-OH is 1. The summed E-state index contributed by atoms with van der Waals surface area (Å²) in [6.45, 7) is 0.0939. The van der Waals surface area contributed by atoms with Crippen LogP contribution in [0.5, 0.6) is 0 Å². The summed E-state index contributed by atoms with van der Waals surface area (Å²) in [7, 11) is 0. The van der Waals surface area contributed by atoms with Gasteiger partial charge < -0.3 is 16.2 Å². The van der Waals surface area contributed by atoms with Crippen molar-refractivity contribution in [1.82, 2.24) is 0 Å². The lowest BCUT2D eigenvalue weighted by atomic mass is 10.0. The summed E-state index contributed by atoms with van der Waals surface area (Å²) in [5.41, 5.74) is 6.21. The van der Waals surface area contributed by atoms with E-state index >= 15 is 0 Å². The molecule has 0 radical (unpaired) electrons. The Kier molecular flexibility index (Phi) is 4.01. The summed E-state index contributed by atoms with van der Waals surface area (Å²) in [5.74, 6) is 0.146. The van der Waals surface area contributed by atoms with E-state index in [2.05, 4.69) is 5.32 Å². The Labute approximate surface area is 105 Å². The van der Waals surface area contributed by atoms with E-state index in [1.807, 2.05) is 0 Å².